The summed E-state index contributed by atoms with van der Waals surface area (Å²) in [6.45, 7) is 1.74. The molecule has 0 radical (unpaired) electrons. The normalized spacial score (nSPS) is 11.1. The number of anilines is 1. The van der Waals surface area contributed by atoms with Crippen molar-refractivity contribution in [1.82, 2.24) is 25.0 Å². The highest BCUT2D eigenvalue weighted by atomic mass is 32.1. The Bertz CT molecular complexity index is 1300. The Balaban J connectivity index is 1.41. The van der Waals surface area contributed by atoms with Crippen molar-refractivity contribution in [2.24, 2.45) is 0 Å². The highest BCUT2D eigenvalue weighted by Gasteiger charge is 2.13. The van der Waals surface area contributed by atoms with Gasteiger partial charge in [0.1, 0.15) is 5.76 Å². The van der Waals surface area contributed by atoms with Gasteiger partial charge in [0, 0.05) is 17.3 Å². The number of aryl methyl sites for hydroxylation is 1. The first-order valence-corrected chi connectivity index (χ1v) is 9.67. The second-order valence-corrected chi connectivity index (χ2v) is 7.29. The summed E-state index contributed by atoms with van der Waals surface area (Å²) in [5.41, 5.74) is 3.27. The number of thiophene rings is 1. The molecule has 5 aromatic rings. The number of benzene rings is 1. The summed E-state index contributed by atoms with van der Waals surface area (Å²) >= 11 is 1.59. The summed E-state index contributed by atoms with van der Waals surface area (Å²) in [5.74, 6) is 0.978. The quantitative estimate of drug-likeness (QED) is 0.487. The summed E-state index contributed by atoms with van der Waals surface area (Å²) in [6.07, 6.45) is 0. The van der Waals surface area contributed by atoms with Crippen LogP contribution in [-0.2, 0) is 0 Å². The number of nitrogens with zero attached hydrogens (tertiary/aromatic N) is 5. The van der Waals surface area contributed by atoms with Gasteiger partial charge in [-0.3, -0.25) is 4.79 Å². The Labute approximate surface area is 168 Å². The molecule has 0 bridgehead atoms. The van der Waals surface area contributed by atoms with Crippen LogP contribution in [0, 0.1) is 6.92 Å². The van der Waals surface area contributed by atoms with Gasteiger partial charge in [-0.05, 0) is 42.6 Å². The maximum absolute atomic E-state index is 12.2. The van der Waals surface area contributed by atoms with Gasteiger partial charge in [-0.1, -0.05) is 23.4 Å². The van der Waals surface area contributed by atoms with Crippen LogP contribution in [0.4, 0.5) is 5.69 Å². The van der Waals surface area contributed by atoms with E-state index in [-0.39, 0.29) is 11.6 Å². The number of fused-ring (bicyclic) bond motifs is 1. The van der Waals surface area contributed by atoms with Crippen LogP contribution in [0.5, 0.6) is 0 Å². The molecule has 0 fully saturated rings. The molecule has 5 rings (SSSR count). The summed E-state index contributed by atoms with van der Waals surface area (Å²) in [5, 5.41) is 21.6. The zero-order chi connectivity index (χ0) is 19.8. The zero-order valence-corrected chi connectivity index (χ0v) is 16.1. The second-order valence-electron chi connectivity index (χ2n) is 6.34. The maximum Gasteiger partial charge on any atom is 0.277 e. The van der Waals surface area contributed by atoms with Crippen molar-refractivity contribution in [3.05, 3.63) is 71.4 Å². The number of hydrogen-bond acceptors (Lipinski definition) is 7. The molecule has 1 amide bonds. The molecule has 0 aliphatic carbocycles. The summed E-state index contributed by atoms with van der Waals surface area (Å²) in [7, 11) is 0. The van der Waals surface area contributed by atoms with Crippen molar-refractivity contribution in [3.63, 3.8) is 0 Å². The predicted molar refractivity (Wildman–Crippen MR) is 109 cm³/mol. The average Bonchev–Trinajstić information content (AvgIpc) is 3.48. The molecular weight excluding hydrogens is 388 g/mol. The molecular formula is C20H14N6O2S. The lowest BCUT2D eigenvalue weighted by Crippen LogP contribution is -2.12. The van der Waals surface area contributed by atoms with Crippen LogP contribution in [0.25, 0.3) is 27.6 Å². The lowest BCUT2D eigenvalue weighted by atomic mass is 10.1. The van der Waals surface area contributed by atoms with Crippen molar-refractivity contribution >= 4 is 28.6 Å². The van der Waals surface area contributed by atoms with Crippen LogP contribution in [0.2, 0.25) is 0 Å². The van der Waals surface area contributed by atoms with Gasteiger partial charge in [0.05, 0.1) is 10.6 Å². The summed E-state index contributed by atoms with van der Waals surface area (Å²) < 4.78 is 6.67. The summed E-state index contributed by atoms with van der Waals surface area (Å²) in [6, 6.07) is 16.8. The molecule has 9 heteroatoms. The van der Waals surface area contributed by atoms with Crippen molar-refractivity contribution in [2.45, 2.75) is 6.92 Å². The standard InChI is InChI=1S/C20H14N6O2S/c1-12-11-16(25-28-12)20(27)21-14-6-4-13(5-7-14)15-8-9-18-22-23-19(26(18)24-15)17-3-2-10-29-17/h2-11H,1H3,(H,21,27). The Morgan fingerprint density at radius 3 is 2.69 bits per heavy atom. The fourth-order valence-corrected chi connectivity index (χ4v) is 3.59. The highest BCUT2D eigenvalue weighted by molar-refractivity contribution is 7.13. The van der Waals surface area contributed by atoms with Crippen molar-refractivity contribution < 1.29 is 9.32 Å². The smallest absolute Gasteiger partial charge is 0.277 e. The maximum atomic E-state index is 12.2. The monoisotopic (exact) mass is 402 g/mol. The van der Waals surface area contributed by atoms with E-state index in [2.05, 4.69) is 20.7 Å². The molecule has 142 valence electrons. The minimum Gasteiger partial charge on any atom is -0.361 e. The van der Waals surface area contributed by atoms with Crippen LogP contribution < -0.4 is 5.32 Å². The number of rotatable bonds is 4. The van der Waals surface area contributed by atoms with Gasteiger partial charge < -0.3 is 9.84 Å². The van der Waals surface area contributed by atoms with E-state index in [9.17, 15) is 4.79 Å². The number of nitrogens with one attached hydrogen (secondary N) is 1. The lowest BCUT2D eigenvalue weighted by molar-refractivity contribution is 0.101. The number of hydrogen-bond donors (Lipinski definition) is 1. The van der Waals surface area contributed by atoms with Gasteiger partial charge in [0.25, 0.3) is 5.91 Å². The number of carbonyl (C=O) groups excluding carboxylic acids is 1. The van der Waals surface area contributed by atoms with Crippen LogP contribution in [0.3, 0.4) is 0 Å². The first-order chi connectivity index (χ1) is 14.2. The van der Waals surface area contributed by atoms with Gasteiger partial charge in [0.15, 0.2) is 17.2 Å². The molecule has 0 unspecified atom stereocenters. The molecule has 0 saturated heterocycles. The fraction of sp³-hybridized carbons (Fsp3) is 0.0500. The third-order valence-electron chi connectivity index (χ3n) is 4.30. The molecule has 4 aromatic heterocycles. The third kappa shape index (κ3) is 3.27. The Morgan fingerprint density at radius 2 is 1.97 bits per heavy atom. The molecule has 1 N–H and O–H groups in total. The Morgan fingerprint density at radius 1 is 1.10 bits per heavy atom. The van der Waals surface area contributed by atoms with Gasteiger partial charge in [0.2, 0.25) is 0 Å². The molecule has 0 saturated carbocycles. The molecule has 0 atom stereocenters. The predicted octanol–water partition coefficient (Wildman–Crippen LogP) is 4.07. The van der Waals surface area contributed by atoms with Crippen molar-refractivity contribution in [1.29, 1.82) is 0 Å². The largest absolute Gasteiger partial charge is 0.361 e. The first-order valence-electron chi connectivity index (χ1n) is 8.79. The highest BCUT2D eigenvalue weighted by Crippen LogP contribution is 2.25. The SMILES string of the molecule is Cc1cc(C(=O)Nc2ccc(-c3ccc4nnc(-c5cccs5)n4n3)cc2)no1. The topological polar surface area (TPSA) is 98.2 Å². The molecule has 4 heterocycles. The molecule has 8 nitrogen and oxygen atoms in total. The van der Waals surface area contributed by atoms with E-state index in [4.69, 9.17) is 9.62 Å². The van der Waals surface area contributed by atoms with Gasteiger partial charge in [-0.25, -0.2) is 0 Å². The fourth-order valence-electron chi connectivity index (χ4n) is 2.90. The van der Waals surface area contributed by atoms with Crippen LogP contribution in [0.1, 0.15) is 16.2 Å². The van der Waals surface area contributed by atoms with E-state index in [1.807, 2.05) is 53.9 Å². The Kier molecular flexibility index (Phi) is 4.14. The molecule has 0 aliphatic rings. The lowest BCUT2D eigenvalue weighted by Gasteiger charge is -2.06. The molecule has 0 aliphatic heterocycles. The third-order valence-corrected chi connectivity index (χ3v) is 5.17. The number of carbonyl (C=O) groups is 1. The average molecular weight is 402 g/mol. The van der Waals surface area contributed by atoms with Gasteiger partial charge in [-0.15, -0.1) is 21.5 Å². The van der Waals surface area contributed by atoms with E-state index in [1.54, 1.807) is 28.8 Å². The van der Waals surface area contributed by atoms with Gasteiger partial charge in [-0.2, -0.15) is 9.61 Å². The van der Waals surface area contributed by atoms with Crippen LogP contribution >= 0.6 is 11.3 Å². The molecule has 1 aromatic carbocycles. The van der Waals surface area contributed by atoms with E-state index < -0.39 is 0 Å². The number of amides is 1. The van der Waals surface area contributed by atoms with Gasteiger partial charge >= 0.3 is 0 Å². The first kappa shape index (κ1) is 17.3. The van der Waals surface area contributed by atoms with E-state index >= 15 is 0 Å². The zero-order valence-electron chi connectivity index (χ0n) is 15.2. The summed E-state index contributed by atoms with van der Waals surface area (Å²) in [4.78, 5) is 13.2. The Hall–Kier alpha value is -3.85. The van der Waals surface area contributed by atoms with Crippen molar-refractivity contribution in [3.8, 4) is 22.0 Å². The van der Waals surface area contributed by atoms with Crippen molar-refractivity contribution in [2.75, 3.05) is 5.32 Å². The molecule has 29 heavy (non-hydrogen) atoms. The van der Waals surface area contributed by atoms with Crippen LogP contribution in [0.15, 0.2) is 64.5 Å². The second kappa shape index (κ2) is 6.95. The molecule has 0 spiro atoms. The van der Waals surface area contributed by atoms with Crippen LogP contribution in [-0.4, -0.2) is 30.9 Å². The van der Waals surface area contributed by atoms with E-state index in [0.29, 0.717) is 22.9 Å². The minimum atomic E-state index is -0.320. The minimum absolute atomic E-state index is 0.243. The number of aromatic nitrogens is 5. The van der Waals surface area contributed by atoms with E-state index in [1.165, 1.54) is 0 Å². The van der Waals surface area contributed by atoms with E-state index in [0.717, 1.165) is 16.1 Å².